The summed E-state index contributed by atoms with van der Waals surface area (Å²) >= 11 is 0. The number of hydrogen-bond acceptors (Lipinski definition) is 3. The number of aryl methyl sites for hydroxylation is 4. The first kappa shape index (κ1) is 23.9. The lowest BCUT2D eigenvalue weighted by Crippen LogP contribution is -2.19. The number of carbonyl (C=O) groups excluding carboxylic acids is 1. The van der Waals surface area contributed by atoms with E-state index in [1.807, 2.05) is 0 Å². The number of hydrogen-bond donors (Lipinski definition) is 3. The number of alkyl halides is 6. The lowest BCUT2D eigenvalue weighted by Gasteiger charge is -2.08. The van der Waals surface area contributed by atoms with Gasteiger partial charge in [-0.25, -0.2) is 0 Å². The molecule has 5 heterocycles. The fourth-order valence-corrected chi connectivity index (χ4v) is 4.68. The zero-order valence-corrected chi connectivity index (χ0v) is 18.8. The Morgan fingerprint density at radius 1 is 0.778 bits per heavy atom. The van der Waals surface area contributed by atoms with Gasteiger partial charge in [-0.05, 0) is 56.0 Å². The summed E-state index contributed by atoms with van der Waals surface area (Å²) in [6.07, 6.45) is -9.38. The minimum atomic E-state index is -4.74. The van der Waals surface area contributed by atoms with Crippen LogP contribution in [0.2, 0.25) is 0 Å². The molecule has 12 heteroatoms. The standard InChI is InChI=1S/C24H19F6N5O/c1-31-22(36)19-13-6-8-17(34-13)20(23(25,26)27)15-4-2-11(32-15)10-12-3-5-16(33-12)21(24(28,29)30)18-9-7-14(19)35-18/h2,4,7,9-10,32,35H,3,5-6,8H2,1H3,(H,31,36). The number of fused-ring (bicyclic) bond motifs is 8. The predicted molar refractivity (Wildman–Crippen MR) is 119 cm³/mol. The Balaban J connectivity index is 1.99. The van der Waals surface area contributed by atoms with Crippen LogP contribution in [0.5, 0.6) is 0 Å². The summed E-state index contributed by atoms with van der Waals surface area (Å²) in [5.41, 5.74) is -2.36. The van der Waals surface area contributed by atoms with Crippen molar-refractivity contribution in [3.05, 3.63) is 69.8 Å². The van der Waals surface area contributed by atoms with Crippen LogP contribution in [0.25, 0.3) is 22.1 Å². The summed E-state index contributed by atoms with van der Waals surface area (Å²) in [6, 6.07) is 6.58. The van der Waals surface area contributed by atoms with Crippen LogP contribution in [0.3, 0.4) is 0 Å². The Morgan fingerprint density at radius 2 is 1.33 bits per heavy atom. The number of aromatic nitrogens is 4. The molecule has 0 fully saturated rings. The van der Waals surface area contributed by atoms with Crippen molar-refractivity contribution in [2.24, 2.45) is 0 Å². The number of halogens is 6. The molecule has 2 aliphatic rings. The molecule has 5 rings (SSSR count). The van der Waals surface area contributed by atoms with Crippen LogP contribution < -0.4 is 5.32 Å². The van der Waals surface area contributed by atoms with Gasteiger partial charge in [0.15, 0.2) is 0 Å². The molecule has 36 heavy (non-hydrogen) atoms. The molecule has 3 N–H and O–H groups in total. The molecule has 2 aliphatic heterocycles. The maximum Gasteiger partial charge on any atom is 0.420 e. The molecular weight excluding hydrogens is 488 g/mol. The van der Waals surface area contributed by atoms with E-state index in [0.29, 0.717) is 5.69 Å². The van der Waals surface area contributed by atoms with Crippen LogP contribution in [0.1, 0.15) is 44.3 Å². The predicted octanol–water partition coefficient (Wildman–Crippen LogP) is 5.28. The lowest BCUT2D eigenvalue weighted by molar-refractivity contribution is -0.138. The van der Waals surface area contributed by atoms with Crippen molar-refractivity contribution in [1.29, 1.82) is 0 Å². The summed E-state index contributed by atoms with van der Waals surface area (Å²) in [4.78, 5) is 26.4. The highest BCUT2D eigenvalue weighted by Crippen LogP contribution is 2.37. The molecule has 0 spiro atoms. The second-order valence-electron chi connectivity index (χ2n) is 8.51. The van der Waals surface area contributed by atoms with E-state index in [1.54, 1.807) is 0 Å². The summed E-state index contributed by atoms with van der Waals surface area (Å²) < 4.78 is 84.8. The highest BCUT2D eigenvalue weighted by atomic mass is 19.4. The topological polar surface area (TPSA) is 86.5 Å². The van der Waals surface area contributed by atoms with Crippen LogP contribution in [0.15, 0.2) is 30.3 Å². The highest BCUT2D eigenvalue weighted by Gasteiger charge is 2.38. The largest absolute Gasteiger partial charge is 0.420 e. The molecule has 0 radical (unpaired) electrons. The monoisotopic (exact) mass is 507 g/mol. The van der Waals surface area contributed by atoms with E-state index in [4.69, 9.17) is 0 Å². The molecule has 3 aromatic rings. The Kier molecular flexibility index (Phi) is 5.56. The third-order valence-electron chi connectivity index (χ3n) is 6.18. The van der Waals surface area contributed by atoms with E-state index in [2.05, 4.69) is 25.3 Å². The molecule has 0 atom stereocenters. The van der Waals surface area contributed by atoms with Crippen molar-refractivity contribution in [1.82, 2.24) is 25.3 Å². The van der Waals surface area contributed by atoms with Crippen molar-refractivity contribution >= 4 is 28.0 Å². The van der Waals surface area contributed by atoms with Gasteiger partial charge in [-0.3, -0.25) is 14.8 Å². The Hall–Kier alpha value is -3.83. The zero-order valence-electron chi connectivity index (χ0n) is 18.8. The number of H-pyrrole nitrogens is 2. The van der Waals surface area contributed by atoms with Gasteiger partial charge >= 0.3 is 12.4 Å². The molecule has 6 nitrogen and oxygen atoms in total. The van der Waals surface area contributed by atoms with Crippen molar-refractivity contribution in [2.45, 2.75) is 38.0 Å². The van der Waals surface area contributed by atoms with Crippen LogP contribution >= 0.6 is 0 Å². The van der Waals surface area contributed by atoms with E-state index in [0.717, 1.165) is 0 Å². The molecular formula is C24H19F6N5O. The fraction of sp³-hybridized carbons (Fsp3) is 0.292. The first-order chi connectivity index (χ1) is 17.0. The minimum absolute atomic E-state index is 0.000820. The first-order valence-corrected chi connectivity index (χ1v) is 11.0. The molecule has 0 aliphatic carbocycles. The minimum Gasteiger partial charge on any atom is -0.355 e. The number of aromatic amines is 2. The van der Waals surface area contributed by atoms with E-state index >= 15 is 0 Å². The number of carbonyl (C=O) groups is 1. The van der Waals surface area contributed by atoms with Gasteiger partial charge in [0.25, 0.3) is 5.91 Å². The molecule has 0 aromatic carbocycles. The van der Waals surface area contributed by atoms with Gasteiger partial charge in [0.05, 0.1) is 39.2 Å². The second-order valence-corrected chi connectivity index (χ2v) is 8.51. The Labute approximate surface area is 199 Å². The maximum absolute atomic E-state index is 14.1. The van der Waals surface area contributed by atoms with Crippen LogP contribution in [0.4, 0.5) is 26.3 Å². The summed E-state index contributed by atoms with van der Waals surface area (Å²) in [5, 5.41) is 2.40. The maximum atomic E-state index is 14.1. The fourth-order valence-electron chi connectivity index (χ4n) is 4.68. The molecule has 3 aromatic heterocycles. The third kappa shape index (κ3) is 4.20. The highest BCUT2D eigenvalue weighted by molar-refractivity contribution is 6.02. The van der Waals surface area contributed by atoms with Gasteiger partial charge in [-0.15, -0.1) is 0 Å². The van der Waals surface area contributed by atoms with Gasteiger partial charge in [-0.1, -0.05) is 0 Å². The smallest absolute Gasteiger partial charge is 0.355 e. The molecule has 8 bridgehead atoms. The molecule has 188 valence electrons. The van der Waals surface area contributed by atoms with Crippen LogP contribution in [-0.4, -0.2) is 32.9 Å². The van der Waals surface area contributed by atoms with Gasteiger partial charge in [0.2, 0.25) is 0 Å². The zero-order chi connectivity index (χ0) is 25.8. The van der Waals surface area contributed by atoms with Crippen LogP contribution in [-0.2, 0) is 38.0 Å². The van der Waals surface area contributed by atoms with E-state index in [9.17, 15) is 31.1 Å². The third-order valence-corrected chi connectivity index (χ3v) is 6.18. The van der Waals surface area contributed by atoms with Crippen molar-refractivity contribution in [3.8, 4) is 0 Å². The molecule has 0 unspecified atom stereocenters. The van der Waals surface area contributed by atoms with Crippen molar-refractivity contribution < 1.29 is 31.1 Å². The number of nitrogens with one attached hydrogen (secondary N) is 3. The summed E-state index contributed by atoms with van der Waals surface area (Å²) in [6.45, 7) is 0. The lowest BCUT2D eigenvalue weighted by atomic mass is 10.1. The van der Waals surface area contributed by atoms with E-state index in [1.165, 1.54) is 37.4 Å². The average molecular weight is 507 g/mol. The Morgan fingerprint density at radius 3 is 2.00 bits per heavy atom. The quantitative estimate of drug-likeness (QED) is 0.392. The normalized spacial score (nSPS) is 14.2. The van der Waals surface area contributed by atoms with Crippen LogP contribution in [0, 0.1) is 0 Å². The number of rotatable bonds is 1. The van der Waals surface area contributed by atoms with E-state index in [-0.39, 0.29) is 70.4 Å². The van der Waals surface area contributed by atoms with E-state index < -0.39 is 29.4 Å². The van der Waals surface area contributed by atoms with Gasteiger partial charge < -0.3 is 15.3 Å². The van der Waals surface area contributed by atoms with Crippen molar-refractivity contribution in [3.63, 3.8) is 0 Å². The van der Waals surface area contributed by atoms with Crippen molar-refractivity contribution in [2.75, 3.05) is 7.05 Å². The van der Waals surface area contributed by atoms with Gasteiger partial charge in [0, 0.05) is 18.3 Å². The molecule has 0 saturated carbocycles. The first-order valence-electron chi connectivity index (χ1n) is 11.0. The molecule has 0 saturated heterocycles. The summed E-state index contributed by atoms with van der Waals surface area (Å²) in [5.74, 6) is -0.683. The second kappa shape index (κ2) is 8.38. The molecule has 1 amide bonds. The SMILES string of the molecule is CNC(=O)c1c2nc(c(C(F)(F)F)c3ccc(cc4nc(c(C(F)(F)F)c5ccc1[nH]5)CC4)[nH]3)CC2. The van der Waals surface area contributed by atoms with Gasteiger partial charge in [-0.2, -0.15) is 26.3 Å². The Bertz CT molecular complexity index is 1520. The number of amides is 1. The van der Waals surface area contributed by atoms with Gasteiger partial charge in [0.1, 0.15) is 11.1 Å². The number of nitrogens with zero attached hydrogens (tertiary/aromatic N) is 2. The average Bonchev–Trinajstić information content (AvgIpc) is 3.57. The summed E-state index contributed by atoms with van der Waals surface area (Å²) in [7, 11) is 1.32.